The van der Waals surface area contributed by atoms with E-state index in [4.69, 9.17) is 4.74 Å². The Labute approximate surface area is 227 Å². The van der Waals surface area contributed by atoms with Gasteiger partial charge in [0.1, 0.15) is 18.3 Å². The van der Waals surface area contributed by atoms with Crippen LogP contribution in [0.5, 0.6) is 5.75 Å². The van der Waals surface area contributed by atoms with Crippen LogP contribution < -0.4 is 14.4 Å². The molecule has 1 saturated carbocycles. The van der Waals surface area contributed by atoms with E-state index >= 15 is 0 Å². The van der Waals surface area contributed by atoms with Gasteiger partial charge < -0.3 is 15.0 Å². The highest BCUT2D eigenvalue weighted by Gasteiger charge is 2.31. The van der Waals surface area contributed by atoms with Crippen molar-refractivity contribution in [3.63, 3.8) is 0 Å². The molecule has 196 valence electrons. The fourth-order valence-electron chi connectivity index (χ4n) is 4.34. The lowest BCUT2D eigenvalue weighted by molar-refractivity contribution is -0.139. The maximum atomic E-state index is 13.6. The monoisotopic (exact) mass is 627 g/mol. The molecule has 0 spiro atoms. The molecule has 0 radical (unpaired) electrons. The number of carbonyl (C=O) groups is 2. The molecule has 8 nitrogen and oxygen atoms in total. The van der Waals surface area contributed by atoms with Crippen LogP contribution in [0.25, 0.3) is 0 Å². The van der Waals surface area contributed by atoms with Crippen molar-refractivity contribution in [2.45, 2.75) is 57.7 Å². The summed E-state index contributed by atoms with van der Waals surface area (Å²) in [5.74, 6) is -0.0673. The summed E-state index contributed by atoms with van der Waals surface area (Å²) in [5, 5.41) is 3.09. The maximum absolute atomic E-state index is 13.6. The van der Waals surface area contributed by atoms with Crippen molar-refractivity contribution in [3.8, 4) is 5.75 Å². The number of hydrogen-bond acceptors (Lipinski definition) is 5. The smallest absolute Gasteiger partial charge is 0.244 e. The van der Waals surface area contributed by atoms with Crippen molar-refractivity contribution in [1.29, 1.82) is 0 Å². The van der Waals surface area contributed by atoms with E-state index in [0.29, 0.717) is 11.4 Å². The fraction of sp³-hybridized carbons (Fsp3) is 0.462. The number of amides is 2. The van der Waals surface area contributed by atoms with Gasteiger partial charge in [-0.15, -0.1) is 0 Å². The number of nitrogens with zero attached hydrogens (tertiary/aromatic N) is 2. The first kappa shape index (κ1) is 28.2. The van der Waals surface area contributed by atoms with E-state index in [1.807, 2.05) is 12.1 Å². The SMILES string of the molecule is COc1cccc(CN(C(=O)CN(c2ccc(I)cc2)S(C)(=O)=O)[C@H](C)C(=O)NC2CCCCC2)c1. The molecular weight excluding hydrogens is 593 g/mol. The zero-order valence-electron chi connectivity index (χ0n) is 20.9. The van der Waals surface area contributed by atoms with Gasteiger partial charge in [-0.3, -0.25) is 13.9 Å². The number of nitrogens with one attached hydrogen (secondary N) is 1. The summed E-state index contributed by atoms with van der Waals surface area (Å²) in [4.78, 5) is 28.3. The number of anilines is 1. The molecule has 1 aliphatic carbocycles. The Morgan fingerprint density at radius 2 is 1.78 bits per heavy atom. The van der Waals surface area contributed by atoms with E-state index in [0.717, 1.165) is 45.4 Å². The third-order valence-electron chi connectivity index (χ3n) is 6.40. The van der Waals surface area contributed by atoms with E-state index < -0.39 is 28.5 Å². The summed E-state index contributed by atoms with van der Waals surface area (Å²) in [6.45, 7) is 1.41. The van der Waals surface area contributed by atoms with Crippen LogP contribution in [-0.2, 0) is 26.2 Å². The van der Waals surface area contributed by atoms with Crippen molar-refractivity contribution < 1.29 is 22.7 Å². The molecule has 1 N–H and O–H groups in total. The molecule has 1 aliphatic rings. The average molecular weight is 628 g/mol. The Hall–Kier alpha value is -2.34. The Balaban J connectivity index is 1.87. The van der Waals surface area contributed by atoms with Crippen LogP contribution in [-0.4, -0.2) is 57.1 Å². The first-order chi connectivity index (χ1) is 17.1. The molecule has 0 bridgehead atoms. The summed E-state index contributed by atoms with van der Waals surface area (Å²) < 4.78 is 32.6. The average Bonchev–Trinajstić information content (AvgIpc) is 2.86. The number of rotatable bonds is 10. The molecule has 2 amide bonds. The summed E-state index contributed by atoms with van der Waals surface area (Å²) in [6.07, 6.45) is 6.25. The van der Waals surface area contributed by atoms with Gasteiger partial charge in [-0.05, 0) is 84.3 Å². The second-order valence-electron chi connectivity index (χ2n) is 9.14. The molecule has 1 fully saturated rings. The Bertz CT molecular complexity index is 1150. The molecule has 2 aromatic rings. The van der Waals surface area contributed by atoms with Gasteiger partial charge >= 0.3 is 0 Å². The highest BCUT2D eigenvalue weighted by Crippen LogP contribution is 2.22. The minimum atomic E-state index is -3.75. The molecule has 1 atom stereocenters. The summed E-state index contributed by atoms with van der Waals surface area (Å²) in [7, 11) is -2.19. The first-order valence-corrected chi connectivity index (χ1v) is 15.0. The van der Waals surface area contributed by atoms with E-state index in [9.17, 15) is 18.0 Å². The zero-order chi connectivity index (χ0) is 26.3. The van der Waals surface area contributed by atoms with Crippen molar-refractivity contribution in [2.75, 3.05) is 24.2 Å². The van der Waals surface area contributed by atoms with Crippen molar-refractivity contribution in [3.05, 3.63) is 57.7 Å². The third-order valence-corrected chi connectivity index (χ3v) is 8.26. The number of benzene rings is 2. The maximum Gasteiger partial charge on any atom is 0.244 e. The quantitative estimate of drug-likeness (QED) is 0.403. The zero-order valence-corrected chi connectivity index (χ0v) is 23.9. The summed E-state index contributed by atoms with van der Waals surface area (Å²) >= 11 is 2.14. The van der Waals surface area contributed by atoms with Gasteiger partial charge in [0.15, 0.2) is 0 Å². The highest BCUT2D eigenvalue weighted by molar-refractivity contribution is 14.1. The van der Waals surface area contributed by atoms with Gasteiger partial charge in [0.25, 0.3) is 0 Å². The highest BCUT2D eigenvalue weighted by atomic mass is 127. The topological polar surface area (TPSA) is 96.0 Å². The van der Waals surface area contributed by atoms with Gasteiger partial charge in [0.2, 0.25) is 21.8 Å². The van der Waals surface area contributed by atoms with Gasteiger partial charge in [0.05, 0.1) is 19.1 Å². The van der Waals surface area contributed by atoms with E-state index in [-0.39, 0.29) is 18.5 Å². The van der Waals surface area contributed by atoms with Crippen LogP contribution in [0.2, 0.25) is 0 Å². The minimum Gasteiger partial charge on any atom is -0.497 e. The lowest BCUT2D eigenvalue weighted by Crippen LogP contribution is -2.52. The molecular formula is C26H34IN3O5S. The Morgan fingerprint density at radius 1 is 1.11 bits per heavy atom. The van der Waals surface area contributed by atoms with E-state index in [1.165, 1.54) is 11.3 Å². The summed E-state index contributed by atoms with van der Waals surface area (Å²) in [5.41, 5.74) is 1.17. The minimum absolute atomic E-state index is 0.0989. The largest absolute Gasteiger partial charge is 0.497 e. The lowest BCUT2D eigenvalue weighted by atomic mass is 9.95. The molecule has 0 unspecified atom stereocenters. The molecule has 0 heterocycles. The van der Waals surface area contributed by atoms with Crippen molar-refractivity contribution >= 4 is 50.1 Å². The Kier molecular flexibility index (Phi) is 10.0. The normalized spacial score (nSPS) is 15.1. The van der Waals surface area contributed by atoms with Gasteiger partial charge in [-0.1, -0.05) is 31.4 Å². The van der Waals surface area contributed by atoms with Crippen LogP contribution >= 0.6 is 22.6 Å². The van der Waals surface area contributed by atoms with E-state index in [1.54, 1.807) is 50.4 Å². The molecule has 0 aromatic heterocycles. The predicted molar refractivity (Wildman–Crippen MR) is 149 cm³/mol. The Morgan fingerprint density at radius 3 is 2.39 bits per heavy atom. The molecule has 10 heteroatoms. The number of hydrogen-bond donors (Lipinski definition) is 1. The van der Waals surface area contributed by atoms with Crippen LogP contribution in [0.1, 0.15) is 44.6 Å². The van der Waals surface area contributed by atoms with Gasteiger partial charge in [0, 0.05) is 16.2 Å². The predicted octanol–water partition coefficient (Wildman–Crippen LogP) is 3.93. The van der Waals surface area contributed by atoms with Gasteiger partial charge in [-0.25, -0.2) is 8.42 Å². The molecule has 0 aliphatic heterocycles. The molecule has 0 saturated heterocycles. The summed E-state index contributed by atoms with van der Waals surface area (Å²) in [6, 6.07) is 13.5. The van der Waals surface area contributed by atoms with Gasteiger partial charge in [-0.2, -0.15) is 0 Å². The second-order valence-corrected chi connectivity index (χ2v) is 12.3. The van der Waals surface area contributed by atoms with Crippen LogP contribution in [0.15, 0.2) is 48.5 Å². The van der Waals surface area contributed by atoms with Crippen LogP contribution in [0.3, 0.4) is 0 Å². The number of sulfonamides is 1. The number of carbonyl (C=O) groups excluding carboxylic acids is 2. The lowest BCUT2D eigenvalue weighted by Gasteiger charge is -2.33. The van der Waals surface area contributed by atoms with E-state index in [2.05, 4.69) is 27.9 Å². The van der Waals surface area contributed by atoms with Crippen molar-refractivity contribution in [1.82, 2.24) is 10.2 Å². The number of ether oxygens (including phenoxy) is 1. The molecule has 36 heavy (non-hydrogen) atoms. The second kappa shape index (κ2) is 12.8. The molecule has 3 rings (SSSR count). The third kappa shape index (κ3) is 7.83. The van der Waals surface area contributed by atoms with Crippen LogP contribution in [0, 0.1) is 3.57 Å². The first-order valence-electron chi connectivity index (χ1n) is 12.0. The molecule has 2 aromatic carbocycles. The van der Waals surface area contributed by atoms with Crippen molar-refractivity contribution in [2.24, 2.45) is 0 Å². The number of halogens is 1. The standard InChI is InChI=1S/C26H34IN3O5S/c1-19(26(32)28-22-9-5-4-6-10-22)29(17-20-8-7-11-24(16-20)35-2)25(31)18-30(36(3,33)34)23-14-12-21(27)13-15-23/h7-8,11-16,19,22H,4-6,9-10,17-18H2,1-3H3,(H,28,32)/t19-/m1/s1. The van der Waals surface area contributed by atoms with Crippen LogP contribution in [0.4, 0.5) is 5.69 Å². The number of methoxy groups -OCH3 is 1. The fourth-order valence-corrected chi connectivity index (χ4v) is 5.55.